The molecule has 7 fully saturated rings. The van der Waals surface area contributed by atoms with E-state index in [1.54, 1.807) is 59.6 Å². The SMILES string of the molecule is CC(=O)N[C@@H]1[C@H]2OC(C)(C)O[C@H]2[C@@](C)(COCCOCCOCCOCCn2cc(COCC(COCc3cn(CCOCCOCCOCCOC[C@@]45CO[C@@H](O4)[C@H](NC(C)=O)[C@H]4OC(C)(C)O[C@H]45)nn3)(COCc3cn(CCOCCOCCOCCOC[C@@]4(C)O[C@H](O)C[C@H]5OC(C)(C)O[C@H]54)nn3)NC(=O)CCCCCNC(=O)OCCSSc3ccccn3)nn2)O[C@@H]1O. The molecule has 0 radical (unpaired) electrons. The Hall–Kier alpha value is -6.13. The molecule has 4 amide bonds. The van der Waals surface area contributed by atoms with Crippen molar-refractivity contribution >= 4 is 45.4 Å². The number of nitrogens with one attached hydrogen (secondary N) is 4. The van der Waals surface area contributed by atoms with E-state index in [1.165, 1.54) is 35.4 Å². The highest BCUT2D eigenvalue weighted by atomic mass is 33.1. The molecule has 133 heavy (non-hydrogen) atoms. The second-order valence-electron chi connectivity index (χ2n) is 34.7. The molecule has 15 atom stereocenters. The van der Waals surface area contributed by atoms with Gasteiger partial charge in [0.1, 0.15) is 93.7 Å². The van der Waals surface area contributed by atoms with Gasteiger partial charge < -0.3 is 155 Å². The predicted molar refractivity (Wildman–Crippen MR) is 466 cm³/mol. The molecule has 0 aliphatic carbocycles. The van der Waals surface area contributed by atoms with Crippen LogP contribution in [0.4, 0.5) is 4.79 Å². The minimum Gasteiger partial charge on any atom is -0.449 e. The third-order valence-electron chi connectivity index (χ3n) is 21.7. The Kier molecular flexibility index (Phi) is 43.9. The number of ether oxygens (including phenoxy) is 26. The second-order valence-corrected chi connectivity index (χ2v) is 37.2. The smallest absolute Gasteiger partial charge is 0.407 e. The summed E-state index contributed by atoms with van der Waals surface area (Å²) in [6.07, 6.45) is 2.64. The van der Waals surface area contributed by atoms with Crippen LogP contribution in [0.25, 0.3) is 0 Å². The first-order valence-electron chi connectivity index (χ1n) is 45.4. The van der Waals surface area contributed by atoms with Gasteiger partial charge in [0.25, 0.3) is 0 Å². The zero-order chi connectivity index (χ0) is 94.4. The van der Waals surface area contributed by atoms with Crippen molar-refractivity contribution in [2.45, 2.75) is 253 Å². The largest absolute Gasteiger partial charge is 0.449 e. The molecule has 0 aromatic carbocycles. The van der Waals surface area contributed by atoms with Crippen molar-refractivity contribution in [1.82, 2.24) is 71.2 Å². The maximum Gasteiger partial charge on any atom is 0.407 e. The maximum absolute atomic E-state index is 14.3. The lowest BCUT2D eigenvalue weighted by atomic mass is 9.87. The van der Waals surface area contributed by atoms with Gasteiger partial charge in [-0.15, -0.1) is 15.3 Å². The number of rotatable bonds is 68. The summed E-state index contributed by atoms with van der Waals surface area (Å²) in [6.45, 7) is 26.0. The van der Waals surface area contributed by atoms with Crippen LogP contribution in [0.3, 0.4) is 0 Å². The zero-order valence-electron chi connectivity index (χ0n) is 78.0. The molecule has 7 saturated heterocycles. The molecule has 11 heterocycles. The molecule has 0 spiro atoms. The monoisotopic (exact) mass is 1930 g/mol. The Morgan fingerprint density at radius 2 is 0.940 bits per heavy atom. The number of carbonyl (C=O) groups is 4. The van der Waals surface area contributed by atoms with E-state index in [2.05, 4.69) is 57.2 Å². The van der Waals surface area contributed by atoms with Crippen LogP contribution in [0.2, 0.25) is 0 Å². The summed E-state index contributed by atoms with van der Waals surface area (Å²) in [6, 6.07) is 4.34. The number of fused-ring (bicyclic) bond motifs is 6. The van der Waals surface area contributed by atoms with Crippen molar-refractivity contribution in [2.75, 3.05) is 204 Å². The van der Waals surface area contributed by atoms with Gasteiger partial charge in [-0.1, -0.05) is 38.9 Å². The first-order chi connectivity index (χ1) is 64.1. The van der Waals surface area contributed by atoms with Crippen LogP contribution in [0.15, 0.2) is 48.0 Å². The molecule has 6 N–H and O–H groups in total. The van der Waals surface area contributed by atoms with Crippen LogP contribution < -0.4 is 21.3 Å². The Bertz CT molecular complexity index is 4030. The average molecular weight is 1930 g/mol. The molecule has 1 unspecified atom stereocenters. The lowest BCUT2D eigenvalue weighted by molar-refractivity contribution is -0.279. The number of hydrogen-bond donors (Lipinski definition) is 6. The summed E-state index contributed by atoms with van der Waals surface area (Å²) in [5.74, 6) is -2.90. The lowest BCUT2D eigenvalue weighted by Crippen LogP contribution is -2.67. The van der Waals surface area contributed by atoms with Crippen molar-refractivity contribution in [1.29, 1.82) is 0 Å². The molecule has 4 aromatic heterocycles. The van der Waals surface area contributed by atoms with Crippen molar-refractivity contribution in [2.24, 2.45) is 0 Å². The van der Waals surface area contributed by atoms with Gasteiger partial charge in [0.15, 0.2) is 36.2 Å². The normalized spacial score (nSPS) is 26.4. The number of nitrogens with zero attached hydrogens (tertiary/aromatic N) is 10. The Morgan fingerprint density at radius 1 is 0.489 bits per heavy atom. The molecule has 0 saturated carbocycles. The fourth-order valence-electron chi connectivity index (χ4n) is 15.8. The van der Waals surface area contributed by atoms with Crippen LogP contribution >= 0.6 is 21.6 Å². The van der Waals surface area contributed by atoms with Crippen LogP contribution in [-0.2, 0) is 177 Å². The number of aliphatic hydroxyl groups excluding tert-OH is 2. The van der Waals surface area contributed by atoms with Gasteiger partial charge in [-0.3, -0.25) is 14.4 Å². The Balaban J connectivity index is 0.610. The van der Waals surface area contributed by atoms with E-state index in [4.69, 9.17) is 123 Å². The Morgan fingerprint density at radius 3 is 1.44 bits per heavy atom. The first kappa shape index (κ1) is 107. The molecular formula is C85H138N14O32S2. The van der Waals surface area contributed by atoms with Crippen molar-refractivity contribution in [3.8, 4) is 0 Å². The summed E-state index contributed by atoms with van der Waals surface area (Å²) in [4.78, 5) is 55.0. The molecule has 46 nitrogen and oxygen atoms in total. The molecule has 4 aromatic rings. The number of aliphatic hydroxyl groups is 2. The number of aromatic nitrogens is 10. The second kappa shape index (κ2) is 54.4. The van der Waals surface area contributed by atoms with Crippen LogP contribution in [0.5, 0.6) is 0 Å². The highest BCUT2D eigenvalue weighted by Gasteiger charge is 2.67. The van der Waals surface area contributed by atoms with E-state index in [1.807, 2.05) is 52.8 Å². The van der Waals surface area contributed by atoms with E-state index >= 15 is 0 Å². The van der Waals surface area contributed by atoms with Gasteiger partial charge in [-0.2, -0.15) is 0 Å². The third-order valence-corrected chi connectivity index (χ3v) is 24.0. The Labute approximate surface area is 782 Å². The molecule has 7 aliphatic heterocycles. The summed E-state index contributed by atoms with van der Waals surface area (Å²) >= 11 is 0. The van der Waals surface area contributed by atoms with Gasteiger partial charge in [0.05, 0.1) is 249 Å². The maximum atomic E-state index is 14.3. The number of alkyl carbamates (subject to hydrolysis) is 1. The summed E-state index contributed by atoms with van der Waals surface area (Å²) in [5.41, 5.74) is -2.64. The van der Waals surface area contributed by atoms with Crippen molar-refractivity contribution in [3.05, 3.63) is 60.1 Å². The van der Waals surface area contributed by atoms with Gasteiger partial charge in [0.2, 0.25) is 17.7 Å². The van der Waals surface area contributed by atoms with Gasteiger partial charge in [-0.05, 0) is 91.2 Å². The fourth-order valence-corrected chi connectivity index (χ4v) is 17.5. The van der Waals surface area contributed by atoms with Crippen LogP contribution in [0, 0.1) is 0 Å². The molecule has 11 rings (SSSR count). The minimum atomic E-state index is -1.34. The van der Waals surface area contributed by atoms with E-state index < -0.39 is 101 Å². The average Bonchev–Trinajstić information content (AvgIpc) is 1.56. The van der Waals surface area contributed by atoms with E-state index in [-0.39, 0.29) is 122 Å². The van der Waals surface area contributed by atoms with Gasteiger partial charge in [0, 0.05) is 45.2 Å². The van der Waals surface area contributed by atoms with Crippen LogP contribution in [-0.4, -0.2) is 395 Å². The standard InChI is InChI=1S/C85H138N14O32S2/c1-60(100)88-69-71-74(128-80(5,6)125-71)83(10,130-76(69)104)54-116-42-39-113-36-33-110-30-27-107-24-21-98-48-63(92-95-98)51-119-56-84(90-66(102)16-12-11-14-19-87-78(105)121-44-45-132-133-67-17-13-15-18-86-67,55-118-50-62-47-97(94-91-62)20-23-106-26-29-109-32-35-112-38-41-115-53-82(9)73-65(46-68(103)124-82)123-79(3,4)127-73)57-120-52-64-49-99(96-93-64)22-25-108-28-31-111-34-37-114-40-43-117-58-85-59-122-77(131-85)70(89-61(2)101)72-75(85)129-81(7,8)126-72/h13,15,17-18,47-49,65,68-77,103-104H,11-12,14,16,19-46,50-59H2,1-10H3,(H,87,105)(H,88,100)(H,89,101)(H,90,102)/t65-,68+,69-,70-,71-,72-,73-,74-,75-,76+,77+,82-,83-,84?,85+/m1/s1. The minimum absolute atomic E-state index is 0.00122. The van der Waals surface area contributed by atoms with Crippen LogP contribution in [0.1, 0.15) is 118 Å². The summed E-state index contributed by atoms with van der Waals surface area (Å²) < 4.78 is 160. The zero-order valence-corrected chi connectivity index (χ0v) is 79.7. The highest BCUT2D eigenvalue weighted by Crippen LogP contribution is 2.48. The van der Waals surface area contributed by atoms with E-state index in [9.17, 15) is 29.4 Å². The molecule has 2 bridgehead atoms. The quantitative estimate of drug-likeness (QED) is 0.0271. The number of unbranched alkanes of at least 4 members (excludes halogenated alkanes) is 2. The van der Waals surface area contributed by atoms with Crippen molar-refractivity contribution < 1.29 is 153 Å². The first-order valence-corrected chi connectivity index (χ1v) is 47.8. The molecule has 7 aliphatic rings. The predicted octanol–water partition coefficient (Wildman–Crippen LogP) is 1.89. The molecular weight excluding hydrogens is 1790 g/mol. The fraction of sp³-hybridized carbons (Fsp3) is 0.824. The van der Waals surface area contributed by atoms with Gasteiger partial charge >= 0.3 is 6.09 Å². The van der Waals surface area contributed by atoms with E-state index in [0.717, 1.165) is 5.03 Å². The molecule has 752 valence electrons. The highest BCUT2D eigenvalue weighted by molar-refractivity contribution is 8.76. The third kappa shape index (κ3) is 35.9. The van der Waals surface area contributed by atoms with Crippen molar-refractivity contribution in [3.63, 3.8) is 0 Å². The van der Waals surface area contributed by atoms with E-state index in [0.29, 0.717) is 200 Å². The number of carbonyl (C=O) groups excluding carboxylic acids is 4. The summed E-state index contributed by atoms with van der Waals surface area (Å²) in [5, 5.41) is 59.7. The number of pyridine rings is 1. The number of amides is 4. The molecule has 48 heteroatoms. The lowest BCUT2D eigenvalue weighted by Gasteiger charge is -2.46. The topological polar surface area (TPSA) is 502 Å². The number of hydrogen-bond acceptors (Lipinski definition) is 41. The van der Waals surface area contributed by atoms with Gasteiger partial charge in [-0.25, -0.2) is 23.8 Å². The summed E-state index contributed by atoms with van der Waals surface area (Å²) in [7, 11) is 3.05.